The van der Waals surface area contributed by atoms with Gasteiger partial charge in [0.1, 0.15) is 0 Å². The summed E-state index contributed by atoms with van der Waals surface area (Å²) in [4.78, 5) is 11.2. The van der Waals surface area contributed by atoms with Gasteiger partial charge in [0.25, 0.3) is 0 Å². The fraction of sp³-hybridized carbons (Fsp3) is 0.480. The molecule has 0 bridgehead atoms. The van der Waals surface area contributed by atoms with Crippen molar-refractivity contribution < 1.29 is 0 Å². The summed E-state index contributed by atoms with van der Waals surface area (Å²) in [6, 6.07) is 13.8. The van der Waals surface area contributed by atoms with Gasteiger partial charge in [-0.15, -0.1) is 35.3 Å². The highest BCUT2D eigenvalue weighted by Gasteiger charge is 2.31. The highest BCUT2D eigenvalue weighted by molar-refractivity contribution is 14.0. The lowest BCUT2D eigenvalue weighted by atomic mass is 9.88. The zero-order valence-electron chi connectivity index (χ0n) is 19.2. The lowest BCUT2D eigenvalue weighted by molar-refractivity contribution is 0.125. The SMILES string of the molecule is CCNC(=NCc1ccc(N2CC=CC2)cc1)NCC1CCCN(C)C1c1cccs1.I. The molecular weight excluding hydrogens is 529 g/mol. The smallest absolute Gasteiger partial charge is 0.191 e. The average molecular weight is 566 g/mol. The first-order chi connectivity index (χ1) is 15.2. The molecule has 1 fully saturated rings. The van der Waals surface area contributed by atoms with Crippen molar-refractivity contribution in [2.75, 3.05) is 44.7 Å². The number of nitrogens with zero attached hydrogens (tertiary/aromatic N) is 3. The zero-order chi connectivity index (χ0) is 21.5. The van der Waals surface area contributed by atoms with E-state index in [1.165, 1.54) is 35.5 Å². The van der Waals surface area contributed by atoms with Crippen LogP contribution in [0.3, 0.4) is 0 Å². The van der Waals surface area contributed by atoms with Crippen LogP contribution in [0.2, 0.25) is 0 Å². The van der Waals surface area contributed by atoms with Crippen molar-refractivity contribution in [3.8, 4) is 0 Å². The second kappa shape index (κ2) is 12.6. The van der Waals surface area contributed by atoms with Crippen molar-refractivity contribution in [1.29, 1.82) is 0 Å². The highest BCUT2D eigenvalue weighted by atomic mass is 127. The lowest BCUT2D eigenvalue weighted by Gasteiger charge is -2.39. The molecule has 2 aliphatic rings. The molecule has 2 atom stereocenters. The Hall–Kier alpha value is -1.58. The molecule has 7 heteroatoms. The van der Waals surface area contributed by atoms with Crippen molar-refractivity contribution in [3.63, 3.8) is 0 Å². The van der Waals surface area contributed by atoms with E-state index in [4.69, 9.17) is 4.99 Å². The Balaban J connectivity index is 0.00000289. The first-order valence-corrected chi connectivity index (χ1v) is 12.4. The topological polar surface area (TPSA) is 42.9 Å². The Morgan fingerprint density at radius 2 is 1.91 bits per heavy atom. The van der Waals surface area contributed by atoms with Gasteiger partial charge in [-0.25, -0.2) is 4.99 Å². The van der Waals surface area contributed by atoms with Crippen LogP contribution < -0.4 is 15.5 Å². The fourth-order valence-corrected chi connectivity index (χ4v) is 5.61. The van der Waals surface area contributed by atoms with E-state index in [1.54, 1.807) is 0 Å². The molecule has 0 spiro atoms. The molecule has 1 saturated heterocycles. The van der Waals surface area contributed by atoms with Gasteiger partial charge in [-0.05, 0) is 68.4 Å². The third-order valence-electron chi connectivity index (χ3n) is 6.26. The Bertz CT molecular complexity index is 857. The minimum atomic E-state index is 0. The van der Waals surface area contributed by atoms with Gasteiger partial charge >= 0.3 is 0 Å². The number of thiophene rings is 1. The fourth-order valence-electron chi connectivity index (χ4n) is 4.62. The molecule has 2 aromatic rings. The van der Waals surface area contributed by atoms with Crippen LogP contribution in [0.1, 0.15) is 36.2 Å². The van der Waals surface area contributed by atoms with Crippen molar-refractivity contribution in [1.82, 2.24) is 15.5 Å². The number of benzene rings is 1. The second-order valence-electron chi connectivity index (χ2n) is 8.46. The van der Waals surface area contributed by atoms with Gasteiger partial charge in [0.05, 0.1) is 6.54 Å². The van der Waals surface area contributed by atoms with E-state index in [9.17, 15) is 0 Å². The molecule has 5 nitrogen and oxygen atoms in total. The first-order valence-electron chi connectivity index (χ1n) is 11.5. The Labute approximate surface area is 214 Å². The van der Waals surface area contributed by atoms with Crippen LogP contribution in [-0.4, -0.2) is 50.6 Å². The molecule has 2 N–H and O–H groups in total. The molecule has 1 aromatic heterocycles. The number of likely N-dealkylation sites (tertiary alicyclic amines) is 1. The predicted molar refractivity (Wildman–Crippen MR) is 148 cm³/mol. The summed E-state index contributed by atoms with van der Waals surface area (Å²) in [7, 11) is 2.26. The molecule has 2 unspecified atom stereocenters. The van der Waals surface area contributed by atoms with Gasteiger partial charge in [0.2, 0.25) is 0 Å². The number of rotatable bonds is 7. The van der Waals surface area contributed by atoms with Gasteiger partial charge in [0, 0.05) is 42.8 Å². The summed E-state index contributed by atoms with van der Waals surface area (Å²) < 4.78 is 0. The van der Waals surface area contributed by atoms with E-state index in [-0.39, 0.29) is 24.0 Å². The molecule has 1 aromatic carbocycles. The minimum Gasteiger partial charge on any atom is -0.364 e. The number of anilines is 1. The molecule has 3 heterocycles. The number of guanidine groups is 1. The number of nitrogens with one attached hydrogen (secondary N) is 2. The van der Waals surface area contributed by atoms with E-state index in [2.05, 4.69) is 88.3 Å². The van der Waals surface area contributed by atoms with Crippen LogP contribution in [0.4, 0.5) is 5.69 Å². The maximum atomic E-state index is 4.86. The van der Waals surface area contributed by atoms with Crippen LogP contribution >= 0.6 is 35.3 Å². The van der Waals surface area contributed by atoms with Gasteiger partial charge in [0.15, 0.2) is 5.96 Å². The van der Waals surface area contributed by atoms with Gasteiger partial charge in [-0.3, -0.25) is 4.90 Å². The summed E-state index contributed by atoms with van der Waals surface area (Å²) in [6.45, 7) is 7.82. The van der Waals surface area contributed by atoms with Crippen LogP contribution in [0.25, 0.3) is 0 Å². The van der Waals surface area contributed by atoms with Crippen molar-refractivity contribution in [3.05, 3.63) is 64.4 Å². The second-order valence-corrected chi connectivity index (χ2v) is 9.44. The summed E-state index contributed by atoms with van der Waals surface area (Å²) >= 11 is 1.88. The van der Waals surface area contributed by atoms with Crippen LogP contribution in [-0.2, 0) is 6.54 Å². The molecule has 0 aliphatic carbocycles. The van der Waals surface area contributed by atoms with E-state index >= 15 is 0 Å². The van der Waals surface area contributed by atoms with E-state index in [1.807, 2.05) is 11.3 Å². The van der Waals surface area contributed by atoms with Crippen molar-refractivity contribution >= 4 is 47.0 Å². The van der Waals surface area contributed by atoms with Gasteiger partial charge in [-0.1, -0.05) is 30.4 Å². The van der Waals surface area contributed by atoms with E-state index < -0.39 is 0 Å². The summed E-state index contributed by atoms with van der Waals surface area (Å²) in [6.07, 6.45) is 6.96. The van der Waals surface area contributed by atoms with E-state index in [0.29, 0.717) is 18.5 Å². The van der Waals surface area contributed by atoms with Crippen LogP contribution in [0.5, 0.6) is 0 Å². The standard InChI is InChI=1S/C25H35N5S.HI/c1-3-26-25(27-18-20-10-12-22(13-11-20)30-15-4-5-16-30)28-19-21-8-6-14-29(2)24(21)23-9-7-17-31-23;/h4-5,7,9-13,17,21,24H,3,6,8,14-16,18-19H2,1-2H3,(H2,26,27,28);1H. The largest absolute Gasteiger partial charge is 0.364 e. The molecule has 0 amide bonds. The van der Waals surface area contributed by atoms with Gasteiger partial charge < -0.3 is 15.5 Å². The van der Waals surface area contributed by atoms with E-state index in [0.717, 1.165) is 32.1 Å². The molecular formula is C25H36IN5S. The van der Waals surface area contributed by atoms with Crippen LogP contribution in [0.15, 0.2) is 58.9 Å². The number of aliphatic imine (C=N–C) groups is 1. The van der Waals surface area contributed by atoms with Crippen molar-refractivity contribution in [2.24, 2.45) is 10.9 Å². The molecule has 174 valence electrons. The monoisotopic (exact) mass is 565 g/mol. The quantitative estimate of drug-likeness (QED) is 0.218. The zero-order valence-corrected chi connectivity index (χ0v) is 22.3. The third-order valence-corrected chi connectivity index (χ3v) is 7.20. The Morgan fingerprint density at radius 3 is 2.59 bits per heavy atom. The molecule has 32 heavy (non-hydrogen) atoms. The molecule has 0 saturated carbocycles. The normalized spacial score (nSPS) is 21.4. The summed E-state index contributed by atoms with van der Waals surface area (Å²) in [5.74, 6) is 1.50. The number of halogens is 1. The Kier molecular flexibility index (Phi) is 9.87. The predicted octanol–water partition coefficient (Wildman–Crippen LogP) is 4.88. The maximum Gasteiger partial charge on any atom is 0.191 e. The average Bonchev–Trinajstić information content (AvgIpc) is 3.51. The maximum absolute atomic E-state index is 4.86. The molecule has 4 rings (SSSR count). The summed E-state index contributed by atoms with van der Waals surface area (Å²) in [5.41, 5.74) is 2.52. The van der Waals surface area contributed by atoms with Crippen molar-refractivity contribution in [2.45, 2.75) is 32.4 Å². The van der Waals surface area contributed by atoms with Crippen LogP contribution in [0, 0.1) is 5.92 Å². The number of piperidine rings is 1. The first kappa shape index (κ1) is 25.1. The van der Waals surface area contributed by atoms with Gasteiger partial charge in [-0.2, -0.15) is 0 Å². The third kappa shape index (κ3) is 6.48. The molecule has 2 aliphatic heterocycles. The Morgan fingerprint density at radius 1 is 1.12 bits per heavy atom. The minimum absolute atomic E-state index is 0. The summed E-state index contributed by atoms with van der Waals surface area (Å²) in [5, 5.41) is 9.24. The number of hydrogen-bond donors (Lipinski definition) is 2. The lowest BCUT2D eigenvalue weighted by Crippen LogP contribution is -2.44. The highest BCUT2D eigenvalue weighted by Crippen LogP contribution is 2.36. The number of hydrogen-bond acceptors (Lipinski definition) is 4. The molecule has 0 radical (unpaired) electrons.